The molecule has 0 unspecified atom stereocenters. The molecule has 0 N–H and O–H groups in total. The summed E-state index contributed by atoms with van der Waals surface area (Å²) in [7, 11) is -4.13. The number of fused-ring (bicyclic) bond motifs is 1. The van der Waals surface area contributed by atoms with Crippen molar-refractivity contribution in [2.75, 3.05) is 17.2 Å². The van der Waals surface area contributed by atoms with Crippen LogP contribution in [0, 0.1) is 5.92 Å². The molecule has 1 amide bonds. The molecule has 2 aromatic carbocycles. The molecule has 16 heteroatoms. The van der Waals surface area contributed by atoms with Gasteiger partial charge in [-0.2, -0.15) is 13.1 Å². The van der Waals surface area contributed by atoms with Gasteiger partial charge in [-0.25, -0.2) is 13.2 Å². The number of halogens is 4. The smallest absolute Gasteiger partial charge is 0.428 e. The number of alkyl halides is 2. The number of amides is 1. The molecule has 1 atom stereocenters. The molecule has 2 aromatic heterocycles. The molecule has 1 aliphatic rings. The zero-order valence-electron chi connectivity index (χ0n) is 27.6. The molecule has 50 heavy (non-hydrogen) atoms. The monoisotopic (exact) mass is 753 g/mol. The first-order valence-corrected chi connectivity index (χ1v) is 18.1. The number of anilines is 1. The van der Waals surface area contributed by atoms with Crippen LogP contribution in [0.3, 0.4) is 0 Å². The van der Waals surface area contributed by atoms with Gasteiger partial charge in [-0.05, 0) is 81.0 Å². The van der Waals surface area contributed by atoms with E-state index in [-0.39, 0.29) is 40.2 Å². The normalized spacial score (nSPS) is 14.0. The van der Waals surface area contributed by atoms with Gasteiger partial charge in [0.15, 0.2) is 11.5 Å². The Morgan fingerprint density at radius 3 is 2.38 bits per heavy atom. The molecule has 11 nitrogen and oxygen atoms in total. The number of hydrogen-bond acceptors (Lipinski definition) is 9. The third-order valence-electron chi connectivity index (χ3n) is 7.54. The predicted molar refractivity (Wildman–Crippen MR) is 184 cm³/mol. The average Bonchev–Trinajstić information content (AvgIpc) is 3.75. The zero-order chi connectivity index (χ0) is 36.4. The second kappa shape index (κ2) is 15.0. The quantitative estimate of drug-likeness (QED) is 0.125. The molecular formula is C34H35Cl2F2N3O8S. The first kappa shape index (κ1) is 37.1. The van der Waals surface area contributed by atoms with Crippen molar-refractivity contribution in [2.45, 2.75) is 64.9 Å². The lowest BCUT2D eigenvalue weighted by molar-refractivity contribution is -0.150. The van der Waals surface area contributed by atoms with Crippen molar-refractivity contribution in [2.24, 2.45) is 5.92 Å². The van der Waals surface area contributed by atoms with Gasteiger partial charge in [0, 0.05) is 30.4 Å². The van der Waals surface area contributed by atoms with E-state index in [0.717, 1.165) is 19.1 Å². The number of rotatable bonds is 13. The standard InChI is InChI=1S/C34H35Cl2F2N3O8S/c1-34(2,3)49-33(43)41(50(4,44)45)27-7-5-6-26-22(27)12-13-40(26)18-31(42)47-29(15-23-24(35)16-39-17-25(23)36)21-10-11-28(48-32(37)38)30(14-21)46-19-20-8-9-20/h5-7,10-14,16-17,20,29,32H,8-9,15,18-19H2,1-4H3/t29-/m0/s1. The molecule has 0 bridgehead atoms. The molecule has 0 spiro atoms. The van der Waals surface area contributed by atoms with Gasteiger partial charge in [0.2, 0.25) is 10.0 Å². The Kier molecular flexibility index (Phi) is 11.1. The third kappa shape index (κ3) is 9.34. The average molecular weight is 755 g/mol. The van der Waals surface area contributed by atoms with E-state index in [1.54, 1.807) is 45.2 Å². The van der Waals surface area contributed by atoms with Crippen molar-refractivity contribution < 1.29 is 45.7 Å². The van der Waals surface area contributed by atoms with Crippen molar-refractivity contribution in [3.05, 3.63) is 82.2 Å². The number of esters is 1. The highest BCUT2D eigenvalue weighted by molar-refractivity contribution is 7.92. The summed E-state index contributed by atoms with van der Waals surface area (Å²) in [5, 5.41) is 0.812. The van der Waals surface area contributed by atoms with Gasteiger partial charge in [-0.15, -0.1) is 0 Å². The first-order valence-electron chi connectivity index (χ1n) is 15.5. The van der Waals surface area contributed by atoms with Gasteiger partial charge >= 0.3 is 18.7 Å². The van der Waals surface area contributed by atoms with Crippen LogP contribution in [0.4, 0.5) is 19.3 Å². The van der Waals surface area contributed by atoms with Crippen molar-refractivity contribution in [3.8, 4) is 11.5 Å². The Morgan fingerprint density at radius 2 is 1.76 bits per heavy atom. The third-order valence-corrected chi connectivity index (χ3v) is 9.20. The summed E-state index contributed by atoms with van der Waals surface area (Å²) in [6.07, 6.45) is 5.06. The molecular weight excluding hydrogens is 719 g/mol. The molecule has 0 radical (unpaired) electrons. The van der Waals surface area contributed by atoms with Gasteiger partial charge < -0.3 is 23.5 Å². The van der Waals surface area contributed by atoms with E-state index in [4.69, 9.17) is 37.4 Å². The minimum atomic E-state index is -4.13. The summed E-state index contributed by atoms with van der Waals surface area (Å²) in [6.45, 7) is 1.74. The summed E-state index contributed by atoms with van der Waals surface area (Å²) in [4.78, 5) is 30.6. The van der Waals surface area contributed by atoms with Crippen molar-refractivity contribution in [1.29, 1.82) is 0 Å². The summed E-state index contributed by atoms with van der Waals surface area (Å²) >= 11 is 12.8. The molecule has 1 saturated carbocycles. The Bertz CT molecular complexity index is 1980. The van der Waals surface area contributed by atoms with E-state index in [1.165, 1.54) is 41.2 Å². The number of hydrogen-bond donors (Lipinski definition) is 0. The number of benzene rings is 2. The van der Waals surface area contributed by atoms with E-state index in [0.29, 0.717) is 38.9 Å². The van der Waals surface area contributed by atoms with E-state index in [1.807, 2.05) is 0 Å². The number of sulfonamides is 1. The largest absolute Gasteiger partial charge is 0.489 e. The zero-order valence-corrected chi connectivity index (χ0v) is 29.9. The topological polar surface area (TPSA) is 126 Å². The highest BCUT2D eigenvalue weighted by Crippen LogP contribution is 2.38. The fourth-order valence-corrected chi connectivity index (χ4v) is 6.49. The van der Waals surface area contributed by atoms with Crippen LogP contribution in [-0.2, 0) is 37.3 Å². The lowest BCUT2D eigenvalue weighted by Crippen LogP contribution is -2.40. The van der Waals surface area contributed by atoms with Crippen LogP contribution in [0.15, 0.2) is 61.1 Å². The highest BCUT2D eigenvalue weighted by Gasteiger charge is 2.32. The number of ether oxygens (including phenoxy) is 4. The molecule has 5 rings (SSSR count). The lowest BCUT2D eigenvalue weighted by Gasteiger charge is -2.26. The van der Waals surface area contributed by atoms with E-state index in [9.17, 15) is 26.8 Å². The van der Waals surface area contributed by atoms with Crippen LogP contribution in [0.2, 0.25) is 10.0 Å². The van der Waals surface area contributed by atoms with Crippen LogP contribution in [0.1, 0.15) is 50.8 Å². The van der Waals surface area contributed by atoms with Crippen LogP contribution < -0.4 is 13.8 Å². The Labute approximate surface area is 298 Å². The minimum absolute atomic E-state index is 0.00117. The molecule has 1 fully saturated rings. The maximum atomic E-state index is 13.6. The molecule has 4 aromatic rings. The SMILES string of the molecule is CC(C)(C)OC(=O)N(c1cccc2c1ccn2CC(=O)O[C@@H](Cc1c(Cl)cncc1Cl)c1ccc(OC(F)F)c(OCC2CC2)c1)S(C)(=O)=O. The van der Waals surface area contributed by atoms with E-state index < -0.39 is 40.4 Å². The Morgan fingerprint density at radius 1 is 1.06 bits per heavy atom. The van der Waals surface area contributed by atoms with Gasteiger partial charge in [0.25, 0.3) is 0 Å². The molecule has 0 aliphatic heterocycles. The molecule has 0 saturated heterocycles. The van der Waals surface area contributed by atoms with Crippen LogP contribution in [0.5, 0.6) is 11.5 Å². The lowest BCUT2D eigenvalue weighted by atomic mass is 10.0. The first-order chi connectivity index (χ1) is 23.5. The van der Waals surface area contributed by atoms with E-state index >= 15 is 0 Å². The summed E-state index contributed by atoms with van der Waals surface area (Å²) in [5.74, 6) is -0.503. The summed E-state index contributed by atoms with van der Waals surface area (Å²) in [5.41, 5.74) is 0.337. The second-order valence-electron chi connectivity index (χ2n) is 12.8. The fraction of sp³-hybridized carbons (Fsp3) is 0.382. The molecule has 1 aliphatic carbocycles. The van der Waals surface area contributed by atoms with E-state index in [2.05, 4.69) is 9.72 Å². The fourth-order valence-electron chi connectivity index (χ4n) is 5.14. The van der Waals surface area contributed by atoms with Crippen molar-refractivity contribution in [1.82, 2.24) is 9.55 Å². The van der Waals surface area contributed by atoms with Gasteiger partial charge in [0.05, 0.1) is 34.1 Å². The summed E-state index contributed by atoms with van der Waals surface area (Å²) < 4.78 is 76.0. The molecule has 268 valence electrons. The van der Waals surface area contributed by atoms with Crippen LogP contribution >= 0.6 is 23.2 Å². The van der Waals surface area contributed by atoms with Crippen LogP contribution in [0.25, 0.3) is 10.9 Å². The van der Waals surface area contributed by atoms with Crippen molar-refractivity contribution in [3.63, 3.8) is 0 Å². The summed E-state index contributed by atoms with van der Waals surface area (Å²) in [6, 6.07) is 10.5. The molecule has 2 heterocycles. The number of aromatic nitrogens is 2. The predicted octanol–water partition coefficient (Wildman–Crippen LogP) is 7.96. The minimum Gasteiger partial charge on any atom is -0.489 e. The number of carbonyl (C=O) groups is 2. The number of nitrogens with zero attached hydrogens (tertiary/aromatic N) is 3. The Hall–Kier alpha value is -4.14. The maximum absolute atomic E-state index is 13.6. The maximum Gasteiger partial charge on any atom is 0.428 e. The van der Waals surface area contributed by atoms with Gasteiger partial charge in [0.1, 0.15) is 18.2 Å². The van der Waals surface area contributed by atoms with Gasteiger partial charge in [-0.1, -0.05) is 35.3 Å². The highest BCUT2D eigenvalue weighted by atomic mass is 35.5. The second-order valence-corrected chi connectivity index (χ2v) is 15.4. The van der Waals surface area contributed by atoms with Gasteiger partial charge in [-0.3, -0.25) is 9.78 Å². The Balaban J connectivity index is 1.46. The van der Waals surface area contributed by atoms with Crippen molar-refractivity contribution >= 4 is 61.9 Å². The number of pyridine rings is 1. The number of carbonyl (C=O) groups excluding carboxylic acids is 2. The van der Waals surface area contributed by atoms with Crippen LogP contribution in [-0.4, -0.2) is 55.1 Å².